The van der Waals surface area contributed by atoms with Crippen LogP contribution in [0.25, 0.3) is 0 Å². The van der Waals surface area contributed by atoms with E-state index in [1.807, 2.05) is 0 Å². The maximum atomic E-state index is 12.6. The van der Waals surface area contributed by atoms with Crippen LogP contribution in [0.4, 0.5) is 4.79 Å². The van der Waals surface area contributed by atoms with Crippen molar-refractivity contribution in [3.63, 3.8) is 0 Å². The largest absolute Gasteiger partial charge is 0.380 e. The number of carbonyl (C=O) groups is 1. The number of amides is 2. The van der Waals surface area contributed by atoms with Crippen molar-refractivity contribution in [2.45, 2.75) is 50.8 Å². The van der Waals surface area contributed by atoms with Gasteiger partial charge in [0.05, 0.1) is 6.10 Å². The van der Waals surface area contributed by atoms with Gasteiger partial charge in [-0.25, -0.2) is 4.79 Å². The van der Waals surface area contributed by atoms with Gasteiger partial charge in [0.25, 0.3) is 0 Å². The second-order valence-corrected chi connectivity index (χ2v) is 5.86. The molecule has 1 aliphatic carbocycles. The zero-order valence-corrected chi connectivity index (χ0v) is 13.0. The summed E-state index contributed by atoms with van der Waals surface area (Å²) in [7, 11) is 1.66. The first kappa shape index (κ1) is 15.0. The van der Waals surface area contributed by atoms with Crippen molar-refractivity contribution in [2.24, 2.45) is 0 Å². The molecule has 22 heavy (non-hydrogen) atoms. The molecule has 0 saturated carbocycles. The van der Waals surface area contributed by atoms with E-state index in [-0.39, 0.29) is 24.2 Å². The fraction of sp³-hybridized carbons (Fsp3) is 0.667. The molecular formula is C15H22N4O3. The van der Waals surface area contributed by atoms with E-state index in [1.54, 1.807) is 18.9 Å². The number of likely N-dealkylation sites (tertiary alicyclic amines) is 1. The first-order chi connectivity index (χ1) is 10.7. The molecule has 7 heteroatoms. The van der Waals surface area contributed by atoms with Crippen LogP contribution in [0.15, 0.2) is 16.7 Å². The third kappa shape index (κ3) is 3.14. The Labute approximate surface area is 129 Å². The van der Waals surface area contributed by atoms with Crippen LogP contribution in [0.2, 0.25) is 0 Å². The van der Waals surface area contributed by atoms with Crippen molar-refractivity contribution in [3.8, 4) is 0 Å². The van der Waals surface area contributed by atoms with Crippen molar-refractivity contribution < 1.29 is 14.1 Å². The Morgan fingerprint density at radius 1 is 1.55 bits per heavy atom. The Morgan fingerprint density at radius 3 is 3.05 bits per heavy atom. The topological polar surface area (TPSA) is 80.5 Å². The normalized spacial score (nSPS) is 28.1. The highest BCUT2D eigenvalue weighted by molar-refractivity contribution is 5.75. The van der Waals surface area contributed by atoms with Gasteiger partial charge in [0.15, 0.2) is 5.82 Å². The third-order valence-electron chi connectivity index (χ3n) is 4.25. The summed E-state index contributed by atoms with van der Waals surface area (Å²) in [6.07, 6.45) is 8.03. The van der Waals surface area contributed by atoms with Crippen LogP contribution in [0.1, 0.15) is 43.4 Å². The molecule has 1 aromatic heterocycles. The van der Waals surface area contributed by atoms with Crippen LogP contribution in [-0.4, -0.2) is 46.9 Å². The van der Waals surface area contributed by atoms with Gasteiger partial charge in [-0.15, -0.1) is 0 Å². The average Bonchev–Trinajstić information content (AvgIpc) is 3.14. The molecule has 2 aliphatic rings. The summed E-state index contributed by atoms with van der Waals surface area (Å²) in [5.74, 6) is 1.05. The number of carbonyl (C=O) groups excluding carboxylic acids is 1. The maximum absolute atomic E-state index is 12.6. The predicted molar refractivity (Wildman–Crippen MR) is 79.2 cm³/mol. The summed E-state index contributed by atoms with van der Waals surface area (Å²) in [6, 6.07) is -0.219. The molecule has 0 spiro atoms. The zero-order chi connectivity index (χ0) is 15.5. The van der Waals surface area contributed by atoms with Crippen molar-refractivity contribution in [3.05, 3.63) is 23.9 Å². The Kier molecular flexibility index (Phi) is 4.42. The van der Waals surface area contributed by atoms with Crippen molar-refractivity contribution in [1.82, 2.24) is 20.4 Å². The number of nitrogens with zero attached hydrogens (tertiary/aromatic N) is 3. The molecule has 2 amide bonds. The molecule has 1 saturated heterocycles. The second kappa shape index (κ2) is 6.48. The Hall–Kier alpha value is -1.89. The van der Waals surface area contributed by atoms with E-state index in [9.17, 15) is 4.79 Å². The number of hydrogen-bond acceptors (Lipinski definition) is 5. The number of nitrogens with one attached hydrogen (secondary N) is 1. The standard InChI is InChI=1S/C15H22N4O3/c1-10-16-14(22-18-10)13-8-12(21-2)9-19(13)15(20)17-11-6-4-3-5-7-11/h4,6,11-13H,3,5,7-9H2,1-2H3,(H,17,20)/t11-,12-,13+/m0/s1. The summed E-state index contributed by atoms with van der Waals surface area (Å²) in [5, 5.41) is 6.89. The van der Waals surface area contributed by atoms with Gasteiger partial charge in [-0.3, -0.25) is 0 Å². The van der Waals surface area contributed by atoms with Crippen LogP contribution in [-0.2, 0) is 4.74 Å². The lowest BCUT2D eigenvalue weighted by Gasteiger charge is -2.26. The van der Waals surface area contributed by atoms with E-state index in [0.29, 0.717) is 24.7 Å². The molecule has 120 valence electrons. The summed E-state index contributed by atoms with van der Waals surface area (Å²) < 4.78 is 10.7. The van der Waals surface area contributed by atoms with Crippen LogP contribution >= 0.6 is 0 Å². The van der Waals surface area contributed by atoms with E-state index >= 15 is 0 Å². The minimum atomic E-state index is -0.223. The molecule has 0 bridgehead atoms. The Bertz CT molecular complexity index is 557. The van der Waals surface area contributed by atoms with Gasteiger partial charge in [-0.05, 0) is 26.2 Å². The quantitative estimate of drug-likeness (QED) is 0.863. The molecular weight excluding hydrogens is 284 g/mol. The lowest BCUT2D eigenvalue weighted by atomic mass is 10.0. The smallest absolute Gasteiger partial charge is 0.318 e. The summed E-state index contributed by atoms with van der Waals surface area (Å²) in [4.78, 5) is 18.6. The first-order valence-corrected chi connectivity index (χ1v) is 7.74. The monoisotopic (exact) mass is 306 g/mol. The molecule has 7 nitrogen and oxygen atoms in total. The van der Waals surface area contributed by atoms with Gasteiger partial charge in [-0.2, -0.15) is 4.98 Å². The fourth-order valence-electron chi connectivity index (χ4n) is 3.05. The van der Waals surface area contributed by atoms with Crippen molar-refractivity contribution in [1.29, 1.82) is 0 Å². The molecule has 0 aromatic carbocycles. The van der Waals surface area contributed by atoms with Gasteiger partial charge in [0.1, 0.15) is 6.04 Å². The molecule has 2 heterocycles. The van der Waals surface area contributed by atoms with E-state index in [4.69, 9.17) is 9.26 Å². The lowest BCUT2D eigenvalue weighted by Crippen LogP contribution is -2.44. The molecule has 1 aromatic rings. The average molecular weight is 306 g/mol. The number of aryl methyl sites for hydroxylation is 1. The van der Waals surface area contributed by atoms with Gasteiger partial charge in [0.2, 0.25) is 5.89 Å². The highest BCUT2D eigenvalue weighted by Crippen LogP contribution is 2.32. The molecule has 1 fully saturated rings. The summed E-state index contributed by atoms with van der Waals surface area (Å²) >= 11 is 0. The van der Waals surface area contributed by atoms with E-state index in [0.717, 1.165) is 19.3 Å². The SMILES string of the molecule is CO[C@H]1C[C@H](c2nc(C)no2)N(C(=O)N[C@H]2C=CCCC2)C1. The number of rotatable bonds is 3. The number of allylic oxidation sites excluding steroid dienone is 1. The Morgan fingerprint density at radius 2 is 2.41 bits per heavy atom. The number of aromatic nitrogens is 2. The highest BCUT2D eigenvalue weighted by Gasteiger charge is 2.40. The summed E-state index contributed by atoms with van der Waals surface area (Å²) in [6.45, 7) is 2.30. The van der Waals surface area contributed by atoms with E-state index in [1.165, 1.54) is 0 Å². The fourth-order valence-corrected chi connectivity index (χ4v) is 3.05. The van der Waals surface area contributed by atoms with E-state index < -0.39 is 0 Å². The first-order valence-electron chi connectivity index (χ1n) is 7.74. The highest BCUT2D eigenvalue weighted by atomic mass is 16.5. The number of urea groups is 1. The number of hydrogen-bond donors (Lipinski definition) is 1. The third-order valence-corrected chi connectivity index (χ3v) is 4.25. The van der Waals surface area contributed by atoms with Gasteiger partial charge >= 0.3 is 6.03 Å². The molecule has 3 atom stereocenters. The minimum Gasteiger partial charge on any atom is -0.380 e. The second-order valence-electron chi connectivity index (χ2n) is 5.86. The van der Waals surface area contributed by atoms with Crippen molar-refractivity contribution >= 4 is 6.03 Å². The summed E-state index contributed by atoms with van der Waals surface area (Å²) in [5.41, 5.74) is 0. The van der Waals surface area contributed by atoms with Crippen LogP contribution in [0, 0.1) is 6.92 Å². The van der Waals surface area contributed by atoms with E-state index in [2.05, 4.69) is 27.6 Å². The van der Waals surface area contributed by atoms with Crippen LogP contribution in [0.5, 0.6) is 0 Å². The van der Waals surface area contributed by atoms with Gasteiger partial charge in [0, 0.05) is 26.1 Å². The lowest BCUT2D eigenvalue weighted by molar-refractivity contribution is 0.110. The van der Waals surface area contributed by atoms with Gasteiger partial charge in [-0.1, -0.05) is 17.3 Å². The molecule has 0 unspecified atom stereocenters. The zero-order valence-electron chi connectivity index (χ0n) is 13.0. The number of ether oxygens (including phenoxy) is 1. The van der Waals surface area contributed by atoms with Crippen LogP contribution in [0.3, 0.4) is 0 Å². The predicted octanol–water partition coefficient (Wildman–Crippen LogP) is 1.96. The minimum absolute atomic E-state index is 0.00939. The van der Waals surface area contributed by atoms with Crippen molar-refractivity contribution in [2.75, 3.05) is 13.7 Å². The van der Waals surface area contributed by atoms with Crippen LogP contribution < -0.4 is 5.32 Å². The Balaban J connectivity index is 1.72. The molecule has 1 N–H and O–H groups in total. The maximum Gasteiger partial charge on any atom is 0.318 e. The number of methoxy groups -OCH3 is 1. The molecule has 3 rings (SSSR count). The van der Waals surface area contributed by atoms with Gasteiger partial charge < -0.3 is 19.5 Å². The molecule has 0 radical (unpaired) electrons. The molecule has 1 aliphatic heterocycles.